The van der Waals surface area contributed by atoms with Crippen LogP contribution < -0.4 is 19.0 Å². The van der Waals surface area contributed by atoms with Crippen LogP contribution in [0.1, 0.15) is 27.7 Å². The highest BCUT2D eigenvalue weighted by molar-refractivity contribution is 5.83. The van der Waals surface area contributed by atoms with Crippen molar-refractivity contribution in [2.24, 2.45) is 14.1 Å². The first-order valence-corrected chi connectivity index (χ1v) is 9.55. The lowest BCUT2D eigenvalue weighted by Crippen LogP contribution is -2.56. The maximum Gasteiger partial charge on any atom is 0.289 e. The van der Waals surface area contributed by atoms with Gasteiger partial charge >= 0.3 is 0 Å². The minimum atomic E-state index is -0.173. The summed E-state index contributed by atoms with van der Waals surface area (Å²) in [7, 11) is 4.20. The molecule has 3 heterocycles. The van der Waals surface area contributed by atoms with Gasteiger partial charge in [0.05, 0.1) is 12.7 Å². The molecule has 0 radical (unpaired) electrons. The average Bonchev–Trinajstić information content (AvgIpc) is 3.12. The molecule has 0 saturated carbocycles. The fourth-order valence-electron chi connectivity index (χ4n) is 4.54. The third kappa shape index (κ3) is 2.52. The van der Waals surface area contributed by atoms with E-state index in [0.717, 1.165) is 5.82 Å². The topological polar surface area (TPSA) is 19.2 Å². The van der Waals surface area contributed by atoms with Crippen LogP contribution in [0.5, 0.6) is 0 Å². The molecule has 3 aromatic rings. The Hall–Kier alpha value is -2.82. The van der Waals surface area contributed by atoms with Crippen LogP contribution in [0.4, 0.5) is 17.2 Å². The van der Waals surface area contributed by atoms with Crippen molar-refractivity contribution in [3.63, 3.8) is 0 Å². The smallest absolute Gasteiger partial charge is 0.289 e. The van der Waals surface area contributed by atoms with Gasteiger partial charge in [0.1, 0.15) is 11.9 Å². The lowest BCUT2D eigenvalue weighted by molar-refractivity contribution is -0.763. The number of aromatic nitrogens is 3. The quantitative estimate of drug-likeness (QED) is 0.666. The maximum atomic E-state index is 2.50. The molecule has 0 spiro atoms. The molecule has 140 valence electrons. The zero-order valence-corrected chi connectivity index (χ0v) is 17.1. The zero-order valence-electron chi connectivity index (χ0n) is 17.1. The van der Waals surface area contributed by atoms with Gasteiger partial charge in [0, 0.05) is 24.2 Å². The van der Waals surface area contributed by atoms with Gasteiger partial charge in [-0.2, -0.15) is 0 Å². The SMILES string of the molecule is CC(C)N1c2ccccc2N(c2cccc(-n3ccc[n+]3C)[n+]2C)C1(C)C. The van der Waals surface area contributed by atoms with E-state index in [4.69, 9.17) is 0 Å². The molecule has 5 nitrogen and oxygen atoms in total. The predicted octanol–water partition coefficient (Wildman–Crippen LogP) is 3.23. The number of fused-ring (bicyclic) bond motifs is 1. The van der Waals surface area contributed by atoms with Crippen LogP contribution in [-0.4, -0.2) is 16.4 Å². The first-order chi connectivity index (χ1) is 12.8. The van der Waals surface area contributed by atoms with Crippen molar-refractivity contribution in [1.82, 2.24) is 4.68 Å². The van der Waals surface area contributed by atoms with Gasteiger partial charge < -0.3 is 4.90 Å². The minimum Gasteiger partial charge on any atom is -0.332 e. The highest BCUT2D eigenvalue weighted by Crippen LogP contribution is 2.49. The molecule has 1 aliphatic heterocycles. The second-order valence-electron chi connectivity index (χ2n) is 7.99. The Labute approximate surface area is 161 Å². The van der Waals surface area contributed by atoms with Crippen molar-refractivity contribution in [2.75, 3.05) is 9.80 Å². The van der Waals surface area contributed by atoms with Gasteiger partial charge in [-0.15, -0.1) is 0 Å². The summed E-state index contributed by atoms with van der Waals surface area (Å²) < 4.78 is 6.50. The highest BCUT2D eigenvalue weighted by Gasteiger charge is 2.49. The molecule has 0 bridgehead atoms. The summed E-state index contributed by atoms with van der Waals surface area (Å²) in [5.41, 5.74) is 2.36. The van der Waals surface area contributed by atoms with Gasteiger partial charge in [-0.3, -0.25) is 0 Å². The third-order valence-electron chi connectivity index (χ3n) is 5.55. The summed E-state index contributed by atoms with van der Waals surface area (Å²) in [5, 5.41) is 0. The van der Waals surface area contributed by atoms with Crippen LogP contribution in [0, 0.1) is 0 Å². The zero-order chi connectivity index (χ0) is 19.3. The first-order valence-electron chi connectivity index (χ1n) is 9.55. The molecule has 1 aliphatic rings. The molecule has 0 aliphatic carbocycles. The van der Waals surface area contributed by atoms with E-state index in [1.54, 1.807) is 0 Å². The summed E-state index contributed by atoms with van der Waals surface area (Å²) in [5.74, 6) is 2.29. The van der Waals surface area contributed by atoms with Crippen LogP contribution in [0.25, 0.3) is 5.82 Å². The molecule has 5 heteroatoms. The van der Waals surface area contributed by atoms with Crippen LogP contribution in [0.2, 0.25) is 0 Å². The Morgan fingerprint density at radius 1 is 0.852 bits per heavy atom. The van der Waals surface area contributed by atoms with Crippen molar-refractivity contribution in [3.05, 3.63) is 60.9 Å². The van der Waals surface area contributed by atoms with Gasteiger partial charge in [0.2, 0.25) is 12.0 Å². The van der Waals surface area contributed by atoms with Gasteiger partial charge in [0.25, 0.3) is 5.82 Å². The molecule has 0 N–H and O–H groups in total. The molecule has 2 aromatic heterocycles. The maximum absolute atomic E-state index is 2.50. The molecule has 0 unspecified atom stereocenters. The number of nitrogens with zero attached hydrogens (tertiary/aromatic N) is 5. The summed E-state index contributed by atoms with van der Waals surface area (Å²) in [4.78, 5) is 4.96. The van der Waals surface area contributed by atoms with Crippen molar-refractivity contribution >= 4 is 17.2 Å². The van der Waals surface area contributed by atoms with E-state index in [9.17, 15) is 0 Å². The summed E-state index contributed by atoms with van der Waals surface area (Å²) >= 11 is 0. The molecular formula is C22H29N5+2. The molecule has 4 rings (SSSR count). The van der Waals surface area contributed by atoms with E-state index in [0.29, 0.717) is 6.04 Å². The Balaban J connectivity index is 1.93. The number of benzene rings is 1. The Morgan fingerprint density at radius 2 is 1.52 bits per heavy atom. The molecule has 1 aromatic carbocycles. The lowest BCUT2D eigenvalue weighted by atomic mass is 10.1. The molecule has 0 saturated heterocycles. The largest absolute Gasteiger partial charge is 0.332 e. The second kappa shape index (κ2) is 6.12. The minimum absolute atomic E-state index is 0.173. The van der Waals surface area contributed by atoms with E-state index in [1.807, 2.05) is 0 Å². The highest BCUT2D eigenvalue weighted by atomic mass is 15.5. The number of anilines is 3. The number of pyridine rings is 1. The summed E-state index contributed by atoms with van der Waals surface area (Å²) in [6.45, 7) is 9.13. The van der Waals surface area contributed by atoms with Gasteiger partial charge in [-0.1, -0.05) is 16.8 Å². The summed E-state index contributed by atoms with van der Waals surface area (Å²) in [6, 6.07) is 17.7. The number of hydrogen-bond acceptors (Lipinski definition) is 2. The summed E-state index contributed by atoms with van der Waals surface area (Å²) in [6.07, 6.45) is 4.14. The normalized spacial score (nSPS) is 15.5. The van der Waals surface area contributed by atoms with E-state index in [1.165, 1.54) is 17.2 Å². The van der Waals surface area contributed by atoms with Gasteiger partial charge in [0.15, 0.2) is 12.7 Å². The first kappa shape index (κ1) is 17.6. The Bertz CT molecular complexity index is 986. The lowest BCUT2D eigenvalue weighted by Gasteiger charge is -2.39. The van der Waals surface area contributed by atoms with Gasteiger partial charge in [-0.25, -0.2) is 9.47 Å². The molecule has 0 atom stereocenters. The van der Waals surface area contributed by atoms with Crippen LogP contribution >= 0.6 is 0 Å². The molecule has 27 heavy (non-hydrogen) atoms. The van der Waals surface area contributed by atoms with Crippen molar-refractivity contribution in [3.8, 4) is 5.82 Å². The van der Waals surface area contributed by atoms with Crippen LogP contribution in [0.3, 0.4) is 0 Å². The second-order valence-corrected chi connectivity index (χ2v) is 7.99. The van der Waals surface area contributed by atoms with Crippen molar-refractivity contribution < 1.29 is 9.25 Å². The van der Waals surface area contributed by atoms with Crippen molar-refractivity contribution in [1.29, 1.82) is 0 Å². The fourth-order valence-corrected chi connectivity index (χ4v) is 4.54. The van der Waals surface area contributed by atoms with Crippen molar-refractivity contribution in [2.45, 2.75) is 39.4 Å². The van der Waals surface area contributed by atoms with E-state index < -0.39 is 0 Å². The molecular weight excluding hydrogens is 334 g/mol. The fraction of sp³-hybridized carbons (Fsp3) is 0.364. The van der Waals surface area contributed by atoms with E-state index in [-0.39, 0.29) is 5.66 Å². The number of para-hydroxylation sites is 2. The van der Waals surface area contributed by atoms with Gasteiger partial charge in [-0.05, 0) is 50.6 Å². The standard InChI is InChI=1S/C22H29N5/c1-17(2)26-18-11-7-8-12-19(18)27(22(26,3)4)21-14-9-13-20(24(21)6)25-16-10-15-23(25)5/h7-17H,1-6H3/q+2. The predicted molar refractivity (Wildman–Crippen MR) is 108 cm³/mol. The molecule has 0 amide bonds. The van der Waals surface area contributed by atoms with Crippen LogP contribution in [-0.2, 0) is 14.1 Å². The van der Waals surface area contributed by atoms with E-state index in [2.05, 4.69) is 126 Å². The average molecular weight is 364 g/mol. The van der Waals surface area contributed by atoms with Crippen LogP contribution in [0.15, 0.2) is 60.9 Å². The number of hydrogen-bond donors (Lipinski definition) is 0. The Kier molecular flexibility index (Phi) is 3.98. The molecule has 0 fully saturated rings. The Morgan fingerprint density at radius 3 is 2.15 bits per heavy atom. The number of rotatable bonds is 3. The third-order valence-corrected chi connectivity index (χ3v) is 5.55. The van der Waals surface area contributed by atoms with E-state index >= 15 is 0 Å². The monoisotopic (exact) mass is 363 g/mol. The number of aryl methyl sites for hydroxylation is 1.